The maximum atomic E-state index is 11.6. The Morgan fingerprint density at radius 3 is 3.00 bits per heavy atom. The van der Waals surface area contributed by atoms with Crippen LogP contribution in [0.15, 0.2) is 18.2 Å². The Morgan fingerprint density at radius 2 is 2.26 bits per heavy atom. The van der Waals surface area contributed by atoms with Crippen LogP contribution in [0.2, 0.25) is 0 Å². The average Bonchev–Trinajstić information content (AvgIpc) is 2.34. The largest absolute Gasteiger partial charge is 0.479 e. The smallest absolute Gasteiger partial charge is 0.265 e. The minimum absolute atomic E-state index is 0.0850. The van der Waals surface area contributed by atoms with Gasteiger partial charge in [0.15, 0.2) is 6.10 Å². The highest BCUT2D eigenvalue weighted by Crippen LogP contribution is 2.30. The molecule has 1 unspecified atom stereocenters. The van der Waals surface area contributed by atoms with Crippen LogP contribution in [0.5, 0.6) is 5.75 Å². The van der Waals surface area contributed by atoms with Crippen molar-refractivity contribution in [1.82, 2.24) is 10.6 Å². The van der Waals surface area contributed by atoms with Gasteiger partial charge in [0.2, 0.25) is 0 Å². The fourth-order valence-corrected chi connectivity index (χ4v) is 2.28. The first-order chi connectivity index (χ1) is 9.22. The summed E-state index contributed by atoms with van der Waals surface area (Å²) in [6, 6.07) is 5.94. The number of amides is 1. The lowest BCUT2D eigenvalue weighted by atomic mass is 10.0. The van der Waals surface area contributed by atoms with Crippen LogP contribution in [0.3, 0.4) is 0 Å². The lowest BCUT2D eigenvalue weighted by Gasteiger charge is -2.27. The third-order valence-electron chi connectivity index (χ3n) is 3.60. The first kappa shape index (κ1) is 12.4. The Hall–Kier alpha value is -1.59. The molecule has 1 saturated heterocycles. The second kappa shape index (κ2) is 5.19. The van der Waals surface area contributed by atoms with Crippen molar-refractivity contribution in [3.05, 3.63) is 23.8 Å². The van der Waals surface area contributed by atoms with Gasteiger partial charge in [0.25, 0.3) is 5.91 Å². The van der Waals surface area contributed by atoms with E-state index in [0.29, 0.717) is 0 Å². The molecule has 2 heterocycles. The molecule has 2 aliphatic heterocycles. The van der Waals surface area contributed by atoms with Crippen molar-refractivity contribution in [2.24, 2.45) is 5.92 Å². The quantitative estimate of drug-likeness (QED) is 0.747. The zero-order chi connectivity index (χ0) is 13.2. The second-order valence-electron chi connectivity index (χ2n) is 5.24. The van der Waals surface area contributed by atoms with Crippen LogP contribution < -0.4 is 20.7 Å². The highest BCUT2D eigenvalue weighted by Gasteiger charge is 2.23. The first-order valence-electron chi connectivity index (χ1n) is 6.74. The summed E-state index contributed by atoms with van der Waals surface area (Å²) in [5.41, 5.74) is 1.93. The van der Waals surface area contributed by atoms with Gasteiger partial charge in [-0.3, -0.25) is 4.79 Å². The molecule has 1 atom stereocenters. The van der Waals surface area contributed by atoms with Crippen molar-refractivity contribution in [3.8, 4) is 5.75 Å². The van der Waals surface area contributed by atoms with Crippen LogP contribution >= 0.6 is 0 Å². The summed E-state index contributed by atoms with van der Waals surface area (Å²) < 4.78 is 5.53. The van der Waals surface area contributed by atoms with Gasteiger partial charge in [-0.15, -0.1) is 0 Å². The van der Waals surface area contributed by atoms with Gasteiger partial charge in [-0.1, -0.05) is 6.07 Å². The molecule has 5 nitrogen and oxygen atoms in total. The van der Waals surface area contributed by atoms with E-state index < -0.39 is 6.10 Å². The van der Waals surface area contributed by atoms with Gasteiger partial charge in [0.05, 0.1) is 5.69 Å². The van der Waals surface area contributed by atoms with Gasteiger partial charge in [-0.2, -0.15) is 0 Å². The number of hydrogen-bond acceptors (Lipinski definition) is 4. The number of nitrogens with one attached hydrogen (secondary N) is 3. The standard InChI is InChI=1S/C14H19N3O2/c1-9-14(18)17-12-4-10(2-3-13(12)19-9)5-15-6-11-7-16-8-11/h2-4,9,11,15-16H,5-8H2,1H3,(H,17,18). The van der Waals surface area contributed by atoms with E-state index in [1.54, 1.807) is 6.92 Å². The van der Waals surface area contributed by atoms with Gasteiger partial charge >= 0.3 is 0 Å². The van der Waals surface area contributed by atoms with E-state index in [1.807, 2.05) is 18.2 Å². The molecular weight excluding hydrogens is 242 g/mol. The Bertz CT molecular complexity index is 486. The van der Waals surface area contributed by atoms with Crippen LogP contribution in [-0.2, 0) is 11.3 Å². The number of fused-ring (bicyclic) bond motifs is 1. The number of carbonyl (C=O) groups excluding carboxylic acids is 1. The number of rotatable bonds is 4. The summed E-state index contributed by atoms with van der Waals surface area (Å²) in [4.78, 5) is 11.6. The van der Waals surface area contributed by atoms with Crippen LogP contribution in [0.4, 0.5) is 5.69 Å². The molecule has 1 amide bonds. The average molecular weight is 261 g/mol. The fraction of sp³-hybridized carbons (Fsp3) is 0.500. The minimum atomic E-state index is -0.414. The molecule has 1 aromatic carbocycles. The summed E-state index contributed by atoms with van der Waals surface area (Å²) in [7, 11) is 0. The van der Waals surface area contributed by atoms with Crippen molar-refractivity contribution in [2.45, 2.75) is 19.6 Å². The maximum absolute atomic E-state index is 11.6. The molecule has 3 rings (SSSR count). The van der Waals surface area contributed by atoms with E-state index in [2.05, 4.69) is 16.0 Å². The van der Waals surface area contributed by atoms with E-state index in [4.69, 9.17) is 4.74 Å². The molecule has 1 fully saturated rings. The maximum Gasteiger partial charge on any atom is 0.265 e. The summed E-state index contributed by atoms with van der Waals surface area (Å²) in [5, 5.41) is 9.56. The molecule has 0 aliphatic carbocycles. The van der Waals surface area contributed by atoms with Gasteiger partial charge in [-0.05, 0) is 30.5 Å². The SMILES string of the molecule is CC1Oc2ccc(CNCC3CNC3)cc2NC1=O. The predicted molar refractivity (Wildman–Crippen MR) is 73.2 cm³/mol. The lowest BCUT2D eigenvalue weighted by Crippen LogP contribution is -2.47. The summed E-state index contributed by atoms with van der Waals surface area (Å²) in [6.45, 7) is 5.82. The first-order valence-corrected chi connectivity index (χ1v) is 6.74. The molecule has 0 saturated carbocycles. The number of hydrogen-bond donors (Lipinski definition) is 3. The molecule has 5 heteroatoms. The van der Waals surface area contributed by atoms with Crippen LogP contribution in [0.1, 0.15) is 12.5 Å². The van der Waals surface area contributed by atoms with E-state index in [-0.39, 0.29) is 5.91 Å². The van der Waals surface area contributed by atoms with Crippen LogP contribution in [0.25, 0.3) is 0 Å². The summed E-state index contributed by atoms with van der Waals surface area (Å²) in [6.07, 6.45) is -0.414. The van der Waals surface area contributed by atoms with Crippen molar-refractivity contribution < 1.29 is 9.53 Å². The highest BCUT2D eigenvalue weighted by molar-refractivity contribution is 5.97. The van der Waals surface area contributed by atoms with E-state index >= 15 is 0 Å². The predicted octanol–water partition coefficient (Wildman–Crippen LogP) is 0.715. The minimum Gasteiger partial charge on any atom is -0.479 e. The Balaban J connectivity index is 1.60. The molecule has 2 aliphatic rings. The number of carbonyl (C=O) groups is 1. The second-order valence-corrected chi connectivity index (χ2v) is 5.24. The Kier molecular flexibility index (Phi) is 3.40. The van der Waals surface area contributed by atoms with Crippen molar-refractivity contribution in [1.29, 1.82) is 0 Å². The molecule has 0 aromatic heterocycles. The zero-order valence-corrected chi connectivity index (χ0v) is 11.0. The summed E-state index contributed by atoms with van der Waals surface area (Å²) in [5.74, 6) is 1.42. The number of anilines is 1. The molecule has 0 spiro atoms. The Labute approximate surface area is 112 Å². The Morgan fingerprint density at radius 1 is 1.42 bits per heavy atom. The third kappa shape index (κ3) is 2.72. The van der Waals surface area contributed by atoms with Gasteiger partial charge in [-0.25, -0.2) is 0 Å². The van der Waals surface area contributed by atoms with E-state index in [0.717, 1.165) is 49.1 Å². The van der Waals surface area contributed by atoms with Gasteiger partial charge in [0.1, 0.15) is 5.75 Å². The van der Waals surface area contributed by atoms with Crippen LogP contribution in [-0.4, -0.2) is 31.6 Å². The van der Waals surface area contributed by atoms with Gasteiger partial charge < -0.3 is 20.7 Å². The van der Waals surface area contributed by atoms with E-state index in [1.165, 1.54) is 0 Å². The zero-order valence-electron chi connectivity index (χ0n) is 11.0. The molecular formula is C14H19N3O2. The normalized spacial score (nSPS) is 22.2. The van der Waals surface area contributed by atoms with Crippen molar-refractivity contribution >= 4 is 11.6 Å². The van der Waals surface area contributed by atoms with Crippen molar-refractivity contribution in [2.75, 3.05) is 25.0 Å². The number of benzene rings is 1. The molecule has 19 heavy (non-hydrogen) atoms. The highest BCUT2D eigenvalue weighted by atomic mass is 16.5. The lowest BCUT2D eigenvalue weighted by molar-refractivity contribution is -0.122. The molecule has 3 N–H and O–H groups in total. The molecule has 102 valence electrons. The summed E-state index contributed by atoms with van der Waals surface area (Å²) >= 11 is 0. The van der Waals surface area contributed by atoms with Crippen LogP contribution in [0, 0.1) is 5.92 Å². The molecule has 1 aromatic rings. The molecule has 0 radical (unpaired) electrons. The third-order valence-corrected chi connectivity index (χ3v) is 3.60. The van der Waals surface area contributed by atoms with Gasteiger partial charge in [0, 0.05) is 26.2 Å². The monoisotopic (exact) mass is 261 g/mol. The fourth-order valence-electron chi connectivity index (χ4n) is 2.28. The van der Waals surface area contributed by atoms with E-state index in [9.17, 15) is 4.79 Å². The number of ether oxygens (including phenoxy) is 1. The molecule has 0 bridgehead atoms. The van der Waals surface area contributed by atoms with Crippen molar-refractivity contribution in [3.63, 3.8) is 0 Å². The topological polar surface area (TPSA) is 62.4 Å².